The van der Waals surface area contributed by atoms with Crippen LogP contribution in [-0.2, 0) is 14.3 Å². The van der Waals surface area contributed by atoms with E-state index in [1.807, 2.05) is 5.32 Å². The molecule has 18 heavy (non-hydrogen) atoms. The minimum absolute atomic E-state index is 0.0167. The maximum Gasteiger partial charge on any atom is 0.418 e. The molecule has 0 spiro atoms. The summed E-state index contributed by atoms with van der Waals surface area (Å²) in [5.74, 6) is -7.92. The number of esters is 1. The van der Waals surface area contributed by atoms with Crippen molar-refractivity contribution in [2.45, 2.75) is 25.8 Å². The second kappa shape index (κ2) is 5.47. The maximum absolute atomic E-state index is 13.2. The van der Waals surface area contributed by atoms with Crippen molar-refractivity contribution in [2.75, 3.05) is 6.61 Å². The van der Waals surface area contributed by atoms with Gasteiger partial charge in [0.2, 0.25) is 0 Å². The summed E-state index contributed by atoms with van der Waals surface area (Å²) < 4.78 is 30.6. The first-order valence-corrected chi connectivity index (χ1v) is 4.99. The third-order valence-electron chi connectivity index (χ3n) is 1.91. The Bertz CT molecular complexity index is 422. The number of nitrogens with one attached hydrogen (secondary N) is 2. The van der Waals surface area contributed by atoms with E-state index in [1.165, 1.54) is 13.8 Å². The molecule has 1 aromatic rings. The molecule has 2 N–H and O–H groups in total. The van der Waals surface area contributed by atoms with Gasteiger partial charge in [-0.15, -0.1) is 10.2 Å². The molecule has 0 saturated carbocycles. The van der Waals surface area contributed by atoms with Crippen LogP contribution in [0.3, 0.4) is 0 Å². The highest BCUT2D eigenvalue weighted by Gasteiger charge is 2.49. The SMILES string of the molecule is CCOC(=O)C(F)(F)C(=O)NC(C)c1nn[nH]n1. The van der Waals surface area contributed by atoms with E-state index in [-0.39, 0.29) is 12.4 Å². The number of rotatable bonds is 5. The molecule has 0 aromatic carbocycles. The minimum atomic E-state index is -4.26. The van der Waals surface area contributed by atoms with Crippen molar-refractivity contribution in [3.63, 3.8) is 0 Å². The molecule has 1 atom stereocenters. The highest BCUT2D eigenvalue weighted by molar-refractivity contribution is 6.04. The van der Waals surface area contributed by atoms with Crippen molar-refractivity contribution in [3.05, 3.63) is 5.82 Å². The topological polar surface area (TPSA) is 110 Å². The van der Waals surface area contributed by atoms with Crippen LogP contribution in [0, 0.1) is 0 Å². The minimum Gasteiger partial charge on any atom is -0.461 e. The molecule has 8 nitrogen and oxygen atoms in total. The van der Waals surface area contributed by atoms with Gasteiger partial charge in [0.15, 0.2) is 5.82 Å². The van der Waals surface area contributed by atoms with Crippen LogP contribution in [0.4, 0.5) is 8.78 Å². The average molecular weight is 263 g/mol. The van der Waals surface area contributed by atoms with Crippen molar-refractivity contribution < 1.29 is 23.1 Å². The molecule has 1 aromatic heterocycles. The normalized spacial score (nSPS) is 12.9. The zero-order valence-electron chi connectivity index (χ0n) is 9.61. The van der Waals surface area contributed by atoms with E-state index in [0.29, 0.717) is 0 Å². The number of carbonyl (C=O) groups is 2. The predicted octanol–water partition coefficient (Wildman–Crippen LogP) is -0.425. The van der Waals surface area contributed by atoms with Crippen LogP contribution < -0.4 is 5.32 Å². The number of alkyl halides is 2. The highest BCUT2D eigenvalue weighted by Crippen LogP contribution is 2.17. The first-order chi connectivity index (χ1) is 8.39. The van der Waals surface area contributed by atoms with Gasteiger partial charge in [-0.3, -0.25) is 4.79 Å². The van der Waals surface area contributed by atoms with Gasteiger partial charge in [0.1, 0.15) is 0 Å². The number of carbonyl (C=O) groups excluding carboxylic acids is 2. The molecule has 1 heterocycles. The summed E-state index contributed by atoms with van der Waals surface area (Å²) >= 11 is 0. The van der Waals surface area contributed by atoms with E-state index in [4.69, 9.17) is 0 Å². The molecule has 1 rings (SSSR count). The van der Waals surface area contributed by atoms with Gasteiger partial charge in [0.25, 0.3) is 0 Å². The summed E-state index contributed by atoms with van der Waals surface area (Å²) in [7, 11) is 0. The van der Waals surface area contributed by atoms with E-state index in [1.54, 1.807) is 0 Å². The Labute approximate surface area is 100 Å². The second-order valence-electron chi connectivity index (χ2n) is 3.26. The van der Waals surface area contributed by atoms with Gasteiger partial charge in [-0.05, 0) is 13.8 Å². The molecule has 100 valence electrons. The van der Waals surface area contributed by atoms with Gasteiger partial charge in [0.05, 0.1) is 12.6 Å². The van der Waals surface area contributed by atoms with Gasteiger partial charge < -0.3 is 10.1 Å². The smallest absolute Gasteiger partial charge is 0.418 e. The number of nitrogens with zero attached hydrogens (tertiary/aromatic N) is 3. The zero-order valence-corrected chi connectivity index (χ0v) is 9.61. The number of amides is 1. The largest absolute Gasteiger partial charge is 0.461 e. The number of hydrogen-bond acceptors (Lipinski definition) is 6. The summed E-state index contributed by atoms with van der Waals surface area (Å²) in [6.07, 6.45) is 0. The number of tetrazole rings is 1. The summed E-state index contributed by atoms with van der Waals surface area (Å²) in [5.41, 5.74) is 0. The van der Waals surface area contributed by atoms with E-state index in [2.05, 4.69) is 25.4 Å². The molecule has 0 aliphatic heterocycles. The van der Waals surface area contributed by atoms with Gasteiger partial charge in [-0.2, -0.15) is 14.0 Å². The Morgan fingerprint density at radius 1 is 1.56 bits per heavy atom. The van der Waals surface area contributed by atoms with Crippen molar-refractivity contribution in [2.24, 2.45) is 0 Å². The average Bonchev–Trinajstić information content (AvgIpc) is 2.82. The van der Waals surface area contributed by atoms with Gasteiger partial charge >= 0.3 is 17.8 Å². The van der Waals surface area contributed by atoms with Gasteiger partial charge in [-0.25, -0.2) is 4.79 Å². The Kier molecular flexibility index (Phi) is 4.23. The van der Waals surface area contributed by atoms with Crippen LogP contribution in [0.1, 0.15) is 25.7 Å². The Hall–Kier alpha value is -2.13. The lowest BCUT2D eigenvalue weighted by Gasteiger charge is -2.16. The second-order valence-corrected chi connectivity index (χ2v) is 3.26. The molecule has 0 saturated heterocycles. The van der Waals surface area contributed by atoms with E-state index in [0.717, 1.165) is 0 Å². The lowest BCUT2D eigenvalue weighted by Crippen LogP contribution is -2.47. The summed E-state index contributed by atoms with van der Waals surface area (Å²) in [5, 5.41) is 14.2. The Morgan fingerprint density at radius 2 is 2.22 bits per heavy atom. The van der Waals surface area contributed by atoms with Crippen LogP contribution >= 0.6 is 0 Å². The molecule has 1 amide bonds. The molecule has 0 aliphatic rings. The number of ether oxygens (including phenoxy) is 1. The van der Waals surface area contributed by atoms with Crippen LogP contribution in [0.25, 0.3) is 0 Å². The molecule has 0 fully saturated rings. The molecule has 1 unspecified atom stereocenters. The summed E-state index contributed by atoms with van der Waals surface area (Å²) in [4.78, 5) is 22.1. The Balaban J connectivity index is 2.67. The first kappa shape index (κ1) is 13.9. The molecular formula is C8H11F2N5O3. The van der Waals surface area contributed by atoms with Crippen LogP contribution in [0.5, 0.6) is 0 Å². The lowest BCUT2D eigenvalue weighted by atomic mass is 10.2. The third kappa shape index (κ3) is 2.96. The molecule has 0 radical (unpaired) electrons. The Morgan fingerprint density at radius 3 is 2.72 bits per heavy atom. The van der Waals surface area contributed by atoms with Crippen molar-refractivity contribution >= 4 is 11.9 Å². The number of halogens is 2. The van der Waals surface area contributed by atoms with Crippen molar-refractivity contribution in [1.82, 2.24) is 25.9 Å². The predicted molar refractivity (Wildman–Crippen MR) is 52.3 cm³/mol. The summed E-state index contributed by atoms with van der Waals surface area (Å²) in [6, 6.07) is -0.920. The van der Waals surface area contributed by atoms with Gasteiger partial charge in [-0.1, -0.05) is 5.21 Å². The molecular weight excluding hydrogens is 252 g/mol. The summed E-state index contributed by atoms with van der Waals surface area (Å²) in [6.45, 7) is 2.47. The first-order valence-electron chi connectivity index (χ1n) is 4.99. The number of aromatic amines is 1. The number of aromatic nitrogens is 4. The van der Waals surface area contributed by atoms with Crippen LogP contribution in [0.2, 0.25) is 0 Å². The monoisotopic (exact) mass is 263 g/mol. The zero-order chi connectivity index (χ0) is 13.8. The molecule has 0 bridgehead atoms. The van der Waals surface area contributed by atoms with Crippen molar-refractivity contribution in [3.8, 4) is 0 Å². The quantitative estimate of drug-likeness (QED) is 0.551. The highest BCUT2D eigenvalue weighted by atomic mass is 19.3. The van der Waals surface area contributed by atoms with Crippen LogP contribution in [-0.4, -0.2) is 45.0 Å². The van der Waals surface area contributed by atoms with Gasteiger partial charge in [0, 0.05) is 0 Å². The lowest BCUT2D eigenvalue weighted by molar-refractivity contribution is -0.177. The fraction of sp³-hybridized carbons (Fsp3) is 0.625. The van der Waals surface area contributed by atoms with E-state index in [9.17, 15) is 18.4 Å². The number of H-pyrrole nitrogens is 1. The fourth-order valence-electron chi connectivity index (χ4n) is 1.02. The maximum atomic E-state index is 13.2. The number of hydrogen-bond donors (Lipinski definition) is 2. The van der Waals surface area contributed by atoms with Crippen LogP contribution in [0.15, 0.2) is 0 Å². The molecule has 10 heteroatoms. The third-order valence-corrected chi connectivity index (χ3v) is 1.91. The fourth-order valence-corrected chi connectivity index (χ4v) is 1.02. The van der Waals surface area contributed by atoms with E-state index < -0.39 is 23.8 Å². The molecule has 0 aliphatic carbocycles. The van der Waals surface area contributed by atoms with E-state index >= 15 is 0 Å². The van der Waals surface area contributed by atoms with Crippen molar-refractivity contribution in [1.29, 1.82) is 0 Å². The standard InChI is InChI=1S/C8H11F2N5O3/c1-3-18-7(17)8(9,10)6(16)11-4(2)5-12-14-15-13-5/h4H,3H2,1-2H3,(H,11,16)(H,12,13,14,15).